The van der Waals surface area contributed by atoms with E-state index >= 15 is 0 Å². The first-order valence-electron chi connectivity index (χ1n) is 14.4. The Morgan fingerprint density at radius 2 is 1.90 bits per heavy atom. The largest absolute Gasteiger partial charge is 0.380 e. The fraction of sp³-hybridized carbons (Fsp3) is 0.500. The standard InChI is InChI=1S/C30H34N6O4/c1-18-5-6-24(26(37)33-18)36-27(38)22-3-2-4-23(25(22)28(36)39)31-15-20-16-32-35(17-20)21-8-11-34(12-9-21)29(40)30-10-7-19(13-30)14-30/h2-4,16-17,19,21,24,31H,1,5-15H2,(H,33,37). The number of likely N-dealkylation sites (tertiary alicyclic amines) is 1. The SMILES string of the molecule is C=C1CCC(N2C(=O)c3cccc(NCc4cnn(C5CCN(C(=O)C67CCC(C6)C7)CC5)c4)c3C2=O)C(=O)N1. The van der Waals surface area contributed by atoms with Gasteiger partial charge in [0.1, 0.15) is 6.04 Å². The maximum atomic E-state index is 13.4. The summed E-state index contributed by atoms with van der Waals surface area (Å²) in [6.45, 7) is 5.77. The third-order valence-electron chi connectivity index (χ3n) is 9.69. The highest BCUT2D eigenvalue weighted by molar-refractivity contribution is 6.25. The van der Waals surface area contributed by atoms with Crippen molar-refractivity contribution in [2.75, 3.05) is 18.4 Å². The minimum atomic E-state index is -0.839. The van der Waals surface area contributed by atoms with Crippen molar-refractivity contribution in [1.82, 2.24) is 24.9 Å². The summed E-state index contributed by atoms with van der Waals surface area (Å²) >= 11 is 0. The van der Waals surface area contributed by atoms with Gasteiger partial charge in [0.05, 0.1) is 23.4 Å². The summed E-state index contributed by atoms with van der Waals surface area (Å²) in [5.74, 6) is -0.119. The van der Waals surface area contributed by atoms with E-state index < -0.39 is 17.9 Å². The monoisotopic (exact) mass is 542 g/mol. The molecule has 8 rings (SSSR count). The molecular formula is C30H34N6O4. The van der Waals surface area contributed by atoms with E-state index in [1.807, 2.05) is 17.1 Å². The maximum Gasteiger partial charge on any atom is 0.264 e. The Morgan fingerprint density at radius 1 is 1.10 bits per heavy atom. The molecule has 3 aliphatic carbocycles. The first-order valence-corrected chi connectivity index (χ1v) is 14.4. The Labute approximate surface area is 232 Å². The molecule has 1 aromatic carbocycles. The van der Waals surface area contributed by atoms with Gasteiger partial charge in [-0.15, -0.1) is 0 Å². The highest BCUT2D eigenvalue weighted by Crippen LogP contribution is 2.59. The van der Waals surface area contributed by atoms with Gasteiger partial charge >= 0.3 is 0 Å². The number of nitrogens with one attached hydrogen (secondary N) is 2. The van der Waals surface area contributed by atoms with Crippen molar-refractivity contribution in [2.45, 2.75) is 70.0 Å². The van der Waals surface area contributed by atoms with Crippen molar-refractivity contribution in [2.24, 2.45) is 11.3 Å². The summed E-state index contributed by atoms with van der Waals surface area (Å²) in [4.78, 5) is 55.3. The highest BCUT2D eigenvalue weighted by atomic mass is 16.2. The molecule has 1 unspecified atom stereocenters. The molecule has 0 spiro atoms. The molecule has 2 aromatic rings. The molecule has 0 radical (unpaired) electrons. The smallest absolute Gasteiger partial charge is 0.264 e. The van der Waals surface area contributed by atoms with E-state index in [9.17, 15) is 19.2 Å². The second-order valence-corrected chi connectivity index (χ2v) is 12.2. The average Bonchev–Trinajstić information content (AvgIpc) is 3.72. The summed E-state index contributed by atoms with van der Waals surface area (Å²) in [6, 6.07) is 4.56. The zero-order chi connectivity index (χ0) is 27.6. The van der Waals surface area contributed by atoms with Crippen LogP contribution in [0.5, 0.6) is 0 Å². The molecule has 1 atom stereocenters. The van der Waals surface area contributed by atoms with Crippen LogP contribution in [0, 0.1) is 11.3 Å². The Bertz CT molecular complexity index is 1430. The first kappa shape index (κ1) is 25.0. The van der Waals surface area contributed by atoms with Gasteiger partial charge in [-0.3, -0.25) is 28.8 Å². The molecule has 4 amide bonds. The van der Waals surface area contributed by atoms with Gasteiger partial charge in [0.25, 0.3) is 11.8 Å². The average molecular weight is 543 g/mol. The van der Waals surface area contributed by atoms with Crippen molar-refractivity contribution < 1.29 is 19.2 Å². The number of amides is 4. The molecule has 6 aliphatic rings. The van der Waals surface area contributed by atoms with Crippen LogP contribution in [-0.4, -0.2) is 62.3 Å². The van der Waals surface area contributed by atoms with Crippen molar-refractivity contribution in [3.05, 3.63) is 59.6 Å². The third kappa shape index (κ3) is 3.95. The minimum Gasteiger partial charge on any atom is -0.380 e. The zero-order valence-corrected chi connectivity index (χ0v) is 22.5. The lowest BCUT2D eigenvalue weighted by atomic mass is 9.68. The number of hydrogen-bond donors (Lipinski definition) is 2. The maximum absolute atomic E-state index is 13.4. The molecular weight excluding hydrogens is 508 g/mol. The van der Waals surface area contributed by atoms with Crippen LogP contribution >= 0.6 is 0 Å². The lowest BCUT2D eigenvalue weighted by molar-refractivity contribution is -0.147. The van der Waals surface area contributed by atoms with Crippen LogP contribution in [0.1, 0.15) is 83.7 Å². The predicted molar refractivity (Wildman–Crippen MR) is 146 cm³/mol. The van der Waals surface area contributed by atoms with Crippen LogP contribution in [0.4, 0.5) is 5.69 Å². The summed E-state index contributed by atoms with van der Waals surface area (Å²) in [5.41, 5.74) is 2.68. The van der Waals surface area contributed by atoms with Crippen LogP contribution in [0.2, 0.25) is 0 Å². The van der Waals surface area contributed by atoms with E-state index in [4.69, 9.17) is 0 Å². The van der Waals surface area contributed by atoms with Crippen molar-refractivity contribution in [3.63, 3.8) is 0 Å². The third-order valence-corrected chi connectivity index (χ3v) is 9.69. The molecule has 3 aliphatic heterocycles. The van der Waals surface area contributed by atoms with Crippen molar-refractivity contribution >= 4 is 29.3 Å². The summed E-state index contributed by atoms with van der Waals surface area (Å²) in [6.07, 6.45) is 11.0. The zero-order valence-electron chi connectivity index (χ0n) is 22.5. The molecule has 2 saturated heterocycles. The highest BCUT2D eigenvalue weighted by Gasteiger charge is 2.56. The molecule has 1 aromatic heterocycles. The number of imide groups is 1. The Kier molecular flexibility index (Phi) is 5.83. The minimum absolute atomic E-state index is 0.0410. The van der Waals surface area contributed by atoms with Gasteiger partial charge in [0.15, 0.2) is 0 Å². The van der Waals surface area contributed by atoms with E-state index in [0.717, 1.165) is 61.6 Å². The molecule has 2 bridgehead atoms. The Hall–Kier alpha value is -3.95. The Morgan fingerprint density at radius 3 is 2.62 bits per heavy atom. The molecule has 5 fully saturated rings. The Balaban J connectivity index is 0.986. The van der Waals surface area contributed by atoms with E-state index in [-0.39, 0.29) is 17.4 Å². The van der Waals surface area contributed by atoms with E-state index in [2.05, 4.69) is 27.2 Å². The normalized spacial score (nSPS) is 28.0. The molecule has 4 heterocycles. The molecule has 208 valence electrons. The number of allylic oxidation sites excluding steroid dienone is 1. The van der Waals surface area contributed by atoms with Crippen LogP contribution in [0.25, 0.3) is 0 Å². The second-order valence-electron chi connectivity index (χ2n) is 12.2. The van der Waals surface area contributed by atoms with Crippen LogP contribution in [-0.2, 0) is 16.1 Å². The summed E-state index contributed by atoms with van der Waals surface area (Å²) in [5, 5.41) is 10.6. The molecule has 10 nitrogen and oxygen atoms in total. The number of nitrogens with zero attached hydrogens (tertiary/aromatic N) is 4. The van der Waals surface area contributed by atoms with E-state index in [0.29, 0.717) is 47.8 Å². The van der Waals surface area contributed by atoms with Crippen LogP contribution < -0.4 is 10.6 Å². The number of carbonyl (C=O) groups is 4. The van der Waals surface area contributed by atoms with Crippen LogP contribution in [0.3, 0.4) is 0 Å². The van der Waals surface area contributed by atoms with Gasteiger partial charge in [0.2, 0.25) is 11.8 Å². The van der Waals surface area contributed by atoms with Crippen molar-refractivity contribution in [3.8, 4) is 0 Å². The van der Waals surface area contributed by atoms with Gasteiger partial charge in [0, 0.05) is 48.2 Å². The number of fused-ring (bicyclic) bond motifs is 2. The van der Waals surface area contributed by atoms with Gasteiger partial charge in [-0.05, 0) is 69.4 Å². The van der Waals surface area contributed by atoms with Gasteiger partial charge in [-0.1, -0.05) is 12.6 Å². The number of aromatic nitrogens is 2. The lowest BCUT2D eigenvalue weighted by Crippen LogP contribution is -2.51. The topological polar surface area (TPSA) is 117 Å². The number of rotatable bonds is 6. The fourth-order valence-corrected chi connectivity index (χ4v) is 7.49. The predicted octanol–water partition coefficient (Wildman–Crippen LogP) is 3.24. The van der Waals surface area contributed by atoms with Crippen molar-refractivity contribution in [1.29, 1.82) is 0 Å². The van der Waals surface area contributed by atoms with E-state index in [1.165, 1.54) is 6.42 Å². The number of anilines is 1. The summed E-state index contributed by atoms with van der Waals surface area (Å²) < 4.78 is 1.99. The number of benzene rings is 1. The molecule has 10 heteroatoms. The molecule has 2 N–H and O–H groups in total. The van der Waals surface area contributed by atoms with Gasteiger partial charge < -0.3 is 15.5 Å². The quantitative estimate of drug-likeness (QED) is 0.542. The number of hydrogen-bond acceptors (Lipinski definition) is 6. The first-order chi connectivity index (χ1) is 19.3. The second kappa shape index (κ2) is 9.31. The lowest BCUT2D eigenvalue weighted by Gasteiger charge is -2.43. The molecule has 40 heavy (non-hydrogen) atoms. The molecule has 3 saturated carbocycles. The van der Waals surface area contributed by atoms with Crippen LogP contribution in [0.15, 0.2) is 42.9 Å². The van der Waals surface area contributed by atoms with E-state index in [1.54, 1.807) is 18.2 Å². The van der Waals surface area contributed by atoms with Gasteiger partial charge in [-0.25, -0.2) is 0 Å². The number of carbonyl (C=O) groups excluding carboxylic acids is 4. The van der Waals surface area contributed by atoms with Gasteiger partial charge in [-0.2, -0.15) is 5.10 Å². The fourth-order valence-electron chi connectivity index (χ4n) is 7.49. The number of piperidine rings is 2. The summed E-state index contributed by atoms with van der Waals surface area (Å²) in [7, 11) is 0.